The third-order valence-electron chi connectivity index (χ3n) is 2.87. The largest absolute Gasteiger partial charge is 0.441 e. The first-order valence-corrected chi connectivity index (χ1v) is 6.06. The van der Waals surface area contributed by atoms with Crippen LogP contribution in [0.25, 0.3) is 22.4 Å². The Hall–Kier alpha value is -2.76. The Labute approximate surface area is 114 Å². The van der Waals surface area contributed by atoms with Crippen LogP contribution >= 0.6 is 0 Å². The van der Waals surface area contributed by atoms with E-state index in [0.717, 1.165) is 11.1 Å². The van der Waals surface area contributed by atoms with Gasteiger partial charge in [0.1, 0.15) is 5.52 Å². The SMILES string of the molecule is Cc1cc(-c2ccc3nc(C)oc3c2)nc(C(N)=O)n1. The summed E-state index contributed by atoms with van der Waals surface area (Å²) in [6.07, 6.45) is 0. The first-order chi connectivity index (χ1) is 9.52. The summed E-state index contributed by atoms with van der Waals surface area (Å²) in [5.74, 6) is -0.0331. The molecular formula is C14H12N4O2. The lowest BCUT2D eigenvalue weighted by Gasteiger charge is -2.04. The topological polar surface area (TPSA) is 94.9 Å². The van der Waals surface area contributed by atoms with Crippen LogP contribution in [-0.4, -0.2) is 20.9 Å². The molecule has 0 saturated carbocycles. The zero-order valence-electron chi connectivity index (χ0n) is 11.0. The third-order valence-corrected chi connectivity index (χ3v) is 2.87. The molecule has 6 heteroatoms. The number of aromatic nitrogens is 3. The van der Waals surface area contributed by atoms with E-state index < -0.39 is 5.91 Å². The zero-order valence-corrected chi connectivity index (χ0v) is 11.0. The second-order valence-corrected chi connectivity index (χ2v) is 4.50. The molecule has 1 aromatic carbocycles. The van der Waals surface area contributed by atoms with Crippen molar-refractivity contribution in [1.29, 1.82) is 0 Å². The van der Waals surface area contributed by atoms with Crippen molar-refractivity contribution in [2.45, 2.75) is 13.8 Å². The fraction of sp³-hybridized carbons (Fsp3) is 0.143. The molecule has 3 aromatic rings. The lowest BCUT2D eigenvalue weighted by atomic mass is 10.1. The van der Waals surface area contributed by atoms with E-state index in [2.05, 4.69) is 15.0 Å². The van der Waals surface area contributed by atoms with Crippen LogP contribution in [0.2, 0.25) is 0 Å². The number of rotatable bonds is 2. The van der Waals surface area contributed by atoms with E-state index in [1.165, 1.54) is 0 Å². The molecule has 20 heavy (non-hydrogen) atoms. The van der Waals surface area contributed by atoms with Crippen LogP contribution in [-0.2, 0) is 0 Å². The maximum Gasteiger partial charge on any atom is 0.286 e. The minimum absolute atomic E-state index is 0.00819. The molecule has 0 aliphatic rings. The van der Waals surface area contributed by atoms with Gasteiger partial charge in [0, 0.05) is 18.2 Å². The Morgan fingerprint density at radius 1 is 1.15 bits per heavy atom. The summed E-state index contributed by atoms with van der Waals surface area (Å²) in [5.41, 5.74) is 8.82. The van der Waals surface area contributed by atoms with Gasteiger partial charge in [0.25, 0.3) is 5.91 Å². The summed E-state index contributed by atoms with van der Waals surface area (Å²) in [5, 5.41) is 0. The van der Waals surface area contributed by atoms with Gasteiger partial charge < -0.3 is 10.2 Å². The highest BCUT2D eigenvalue weighted by atomic mass is 16.3. The van der Waals surface area contributed by atoms with Crippen LogP contribution < -0.4 is 5.73 Å². The van der Waals surface area contributed by atoms with Gasteiger partial charge in [0.15, 0.2) is 11.5 Å². The molecule has 0 atom stereocenters. The van der Waals surface area contributed by atoms with Gasteiger partial charge in [-0.3, -0.25) is 4.79 Å². The van der Waals surface area contributed by atoms with Gasteiger partial charge in [0.05, 0.1) is 5.69 Å². The molecule has 0 aliphatic heterocycles. The normalized spacial score (nSPS) is 10.9. The maximum atomic E-state index is 11.2. The molecular weight excluding hydrogens is 256 g/mol. The summed E-state index contributed by atoms with van der Waals surface area (Å²) in [6.45, 7) is 3.58. The van der Waals surface area contributed by atoms with Crippen LogP contribution in [0, 0.1) is 13.8 Å². The van der Waals surface area contributed by atoms with Crippen LogP contribution in [0.5, 0.6) is 0 Å². The van der Waals surface area contributed by atoms with Crippen molar-refractivity contribution in [3.8, 4) is 11.3 Å². The van der Waals surface area contributed by atoms with Crippen molar-refractivity contribution in [3.63, 3.8) is 0 Å². The van der Waals surface area contributed by atoms with E-state index in [-0.39, 0.29) is 5.82 Å². The Bertz CT molecular complexity index is 823. The van der Waals surface area contributed by atoms with E-state index >= 15 is 0 Å². The van der Waals surface area contributed by atoms with E-state index in [1.54, 1.807) is 19.9 Å². The predicted molar refractivity (Wildman–Crippen MR) is 73.0 cm³/mol. The molecule has 0 fully saturated rings. The molecule has 0 saturated heterocycles. The van der Waals surface area contributed by atoms with Gasteiger partial charge in [-0.15, -0.1) is 0 Å². The van der Waals surface area contributed by atoms with Crippen LogP contribution in [0.15, 0.2) is 28.7 Å². The second-order valence-electron chi connectivity index (χ2n) is 4.50. The number of nitrogens with zero attached hydrogens (tertiary/aromatic N) is 3. The fourth-order valence-corrected chi connectivity index (χ4v) is 2.03. The van der Waals surface area contributed by atoms with Gasteiger partial charge in [-0.05, 0) is 25.1 Å². The van der Waals surface area contributed by atoms with Gasteiger partial charge in [-0.2, -0.15) is 0 Å². The molecule has 0 aliphatic carbocycles. The van der Waals surface area contributed by atoms with Crippen molar-refractivity contribution < 1.29 is 9.21 Å². The Morgan fingerprint density at radius 3 is 2.70 bits per heavy atom. The number of fused-ring (bicyclic) bond motifs is 1. The molecule has 2 aromatic heterocycles. The number of aryl methyl sites for hydroxylation is 2. The number of hydrogen-bond acceptors (Lipinski definition) is 5. The second kappa shape index (κ2) is 4.41. The van der Waals surface area contributed by atoms with Crippen LogP contribution in [0.1, 0.15) is 22.2 Å². The molecule has 2 heterocycles. The van der Waals surface area contributed by atoms with Crippen molar-refractivity contribution in [3.05, 3.63) is 41.7 Å². The van der Waals surface area contributed by atoms with E-state index in [0.29, 0.717) is 22.9 Å². The highest BCUT2D eigenvalue weighted by Crippen LogP contribution is 2.24. The van der Waals surface area contributed by atoms with Crippen LogP contribution in [0.4, 0.5) is 0 Å². The number of amides is 1. The third kappa shape index (κ3) is 2.11. The van der Waals surface area contributed by atoms with Crippen LogP contribution in [0.3, 0.4) is 0 Å². The van der Waals surface area contributed by atoms with E-state index in [9.17, 15) is 4.79 Å². The number of nitrogens with two attached hydrogens (primary N) is 1. The smallest absolute Gasteiger partial charge is 0.286 e. The summed E-state index contributed by atoms with van der Waals surface area (Å²) >= 11 is 0. The Balaban J connectivity index is 2.16. The molecule has 6 nitrogen and oxygen atoms in total. The van der Waals surface area contributed by atoms with Gasteiger partial charge in [-0.1, -0.05) is 6.07 Å². The monoisotopic (exact) mass is 268 g/mol. The lowest BCUT2D eigenvalue weighted by Crippen LogP contribution is -2.16. The average molecular weight is 268 g/mol. The van der Waals surface area contributed by atoms with E-state index in [4.69, 9.17) is 10.2 Å². The number of carbonyl (C=O) groups is 1. The predicted octanol–water partition coefficient (Wildman–Crippen LogP) is 2.00. The molecule has 0 bridgehead atoms. The molecule has 2 N–H and O–H groups in total. The van der Waals surface area contributed by atoms with E-state index in [1.807, 2.05) is 18.2 Å². The lowest BCUT2D eigenvalue weighted by molar-refractivity contribution is 0.0990. The molecule has 1 amide bonds. The van der Waals surface area contributed by atoms with Crippen molar-refractivity contribution in [1.82, 2.24) is 15.0 Å². The highest BCUT2D eigenvalue weighted by Gasteiger charge is 2.10. The number of hydrogen-bond donors (Lipinski definition) is 1. The first kappa shape index (κ1) is 12.3. The molecule has 0 spiro atoms. The quantitative estimate of drug-likeness (QED) is 0.767. The van der Waals surface area contributed by atoms with Gasteiger partial charge >= 0.3 is 0 Å². The standard InChI is InChI=1S/C14H12N4O2/c1-7-5-11(18-14(16-7)13(15)19)9-3-4-10-12(6-9)20-8(2)17-10/h3-6H,1-2H3,(H2,15,19). The highest BCUT2D eigenvalue weighted by molar-refractivity contribution is 5.89. The van der Waals surface area contributed by atoms with Crippen molar-refractivity contribution in [2.24, 2.45) is 5.73 Å². The molecule has 0 radical (unpaired) electrons. The minimum Gasteiger partial charge on any atom is -0.441 e. The minimum atomic E-state index is -0.647. The number of primary amides is 1. The van der Waals surface area contributed by atoms with Crippen molar-refractivity contribution >= 4 is 17.0 Å². The van der Waals surface area contributed by atoms with Gasteiger partial charge in [-0.25, -0.2) is 15.0 Å². The number of oxazole rings is 1. The summed E-state index contributed by atoms with van der Waals surface area (Å²) in [6, 6.07) is 7.35. The van der Waals surface area contributed by atoms with Crippen molar-refractivity contribution in [2.75, 3.05) is 0 Å². The molecule has 3 rings (SSSR count). The summed E-state index contributed by atoms with van der Waals surface area (Å²) in [7, 11) is 0. The Morgan fingerprint density at radius 2 is 1.95 bits per heavy atom. The molecule has 100 valence electrons. The fourth-order valence-electron chi connectivity index (χ4n) is 2.03. The zero-order chi connectivity index (χ0) is 14.3. The number of benzene rings is 1. The van der Waals surface area contributed by atoms with Gasteiger partial charge in [0.2, 0.25) is 5.82 Å². The summed E-state index contributed by atoms with van der Waals surface area (Å²) < 4.78 is 5.49. The average Bonchev–Trinajstić information content (AvgIpc) is 2.76. The molecule has 0 unspecified atom stereocenters. The first-order valence-electron chi connectivity index (χ1n) is 6.06. The maximum absolute atomic E-state index is 11.2. The Kier molecular flexibility index (Phi) is 2.71. The summed E-state index contributed by atoms with van der Waals surface area (Å²) in [4.78, 5) is 23.6. The number of carbonyl (C=O) groups excluding carboxylic acids is 1.